The minimum Gasteiger partial charge on any atom is -0.465 e. The number of hydrogen-bond acceptors (Lipinski definition) is 2. The van der Waals surface area contributed by atoms with E-state index in [4.69, 9.17) is 0 Å². The predicted molar refractivity (Wildman–Crippen MR) is 55.6 cm³/mol. The van der Waals surface area contributed by atoms with E-state index in [1.807, 2.05) is 6.07 Å². The largest absolute Gasteiger partial charge is 0.465 e. The van der Waals surface area contributed by atoms with Crippen LogP contribution in [0.1, 0.15) is 15.9 Å². The van der Waals surface area contributed by atoms with Gasteiger partial charge in [0.15, 0.2) is 0 Å². The van der Waals surface area contributed by atoms with Gasteiger partial charge in [-0.05, 0) is 33.6 Å². The molecule has 0 aromatic heterocycles. The average Bonchev–Trinajstić information content (AvgIpc) is 2.17. The Labute approximate surface area is 85.3 Å². The first-order valence-corrected chi connectivity index (χ1v) is 4.48. The Bertz CT molecular complexity index is 345. The van der Waals surface area contributed by atoms with Gasteiger partial charge in [0.05, 0.1) is 12.7 Å². The summed E-state index contributed by atoms with van der Waals surface area (Å²) in [6.45, 7) is 3.62. The van der Waals surface area contributed by atoms with E-state index in [-0.39, 0.29) is 5.97 Å². The third-order valence-corrected chi connectivity index (χ3v) is 2.32. The first kappa shape index (κ1) is 9.99. The second-order valence-electron chi connectivity index (χ2n) is 2.43. The summed E-state index contributed by atoms with van der Waals surface area (Å²) in [5.41, 5.74) is 1.41. The number of halogens is 1. The molecule has 0 bridgehead atoms. The van der Waals surface area contributed by atoms with E-state index in [9.17, 15) is 4.79 Å². The maximum absolute atomic E-state index is 11.2. The molecule has 0 aliphatic rings. The van der Waals surface area contributed by atoms with Crippen LogP contribution >= 0.6 is 15.9 Å². The van der Waals surface area contributed by atoms with E-state index in [1.54, 1.807) is 18.2 Å². The van der Waals surface area contributed by atoms with Crippen molar-refractivity contribution in [1.82, 2.24) is 0 Å². The monoisotopic (exact) mass is 240 g/mol. The number of hydrogen-bond donors (Lipinski definition) is 0. The highest BCUT2D eigenvalue weighted by Crippen LogP contribution is 2.19. The highest BCUT2D eigenvalue weighted by atomic mass is 79.9. The van der Waals surface area contributed by atoms with Crippen molar-refractivity contribution in [2.45, 2.75) is 0 Å². The van der Waals surface area contributed by atoms with E-state index >= 15 is 0 Å². The van der Waals surface area contributed by atoms with Gasteiger partial charge in [-0.15, -0.1) is 0 Å². The predicted octanol–water partition coefficient (Wildman–Crippen LogP) is 2.88. The van der Waals surface area contributed by atoms with E-state index in [2.05, 4.69) is 27.2 Å². The molecule has 0 aliphatic heterocycles. The number of methoxy groups -OCH3 is 1. The van der Waals surface area contributed by atoms with Crippen LogP contribution in [0.5, 0.6) is 0 Å². The average molecular weight is 241 g/mol. The minimum absolute atomic E-state index is 0.351. The third-order valence-electron chi connectivity index (χ3n) is 1.63. The number of benzene rings is 1. The molecule has 0 saturated heterocycles. The Kier molecular flexibility index (Phi) is 3.25. The topological polar surface area (TPSA) is 26.3 Å². The fourth-order valence-corrected chi connectivity index (χ4v) is 1.34. The first-order chi connectivity index (χ1) is 6.19. The van der Waals surface area contributed by atoms with Crippen LogP contribution in [0.3, 0.4) is 0 Å². The Balaban J connectivity index is 3.18. The first-order valence-electron chi connectivity index (χ1n) is 3.69. The molecule has 0 fully saturated rings. The van der Waals surface area contributed by atoms with E-state index in [1.165, 1.54) is 7.11 Å². The Morgan fingerprint density at radius 3 is 2.85 bits per heavy atom. The lowest BCUT2D eigenvalue weighted by atomic mass is 10.1. The summed E-state index contributed by atoms with van der Waals surface area (Å²) < 4.78 is 5.34. The Hall–Kier alpha value is -1.09. The lowest BCUT2D eigenvalue weighted by Gasteiger charge is -2.02. The highest BCUT2D eigenvalue weighted by molar-refractivity contribution is 9.10. The zero-order valence-electron chi connectivity index (χ0n) is 7.21. The highest BCUT2D eigenvalue weighted by Gasteiger charge is 2.09. The minimum atomic E-state index is -0.351. The van der Waals surface area contributed by atoms with E-state index < -0.39 is 0 Å². The molecular weight excluding hydrogens is 232 g/mol. The number of carbonyl (C=O) groups excluding carboxylic acids is 1. The number of carbonyl (C=O) groups is 1. The summed E-state index contributed by atoms with van der Waals surface area (Å²) in [5.74, 6) is -0.351. The van der Waals surface area contributed by atoms with E-state index in [0.29, 0.717) is 5.56 Å². The number of ether oxygens (including phenoxy) is 1. The van der Waals surface area contributed by atoms with Crippen LogP contribution in [0.4, 0.5) is 0 Å². The molecule has 2 nitrogen and oxygen atoms in total. The molecule has 68 valence electrons. The molecule has 3 heteroatoms. The molecule has 0 atom stereocenters. The summed E-state index contributed by atoms with van der Waals surface area (Å²) >= 11 is 3.27. The van der Waals surface area contributed by atoms with Crippen LogP contribution in [0.25, 0.3) is 6.08 Å². The van der Waals surface area contributed by atoms with Crippen molar-refractivity contribution in [2.75, 3.05) is 7.11 Å². The van der Waals surface area contributed by atoms with Crippen molar-refractivity contribution in [3.05, 3.63) is 40.4 Å². The Morgan fingerprint density at radius 2 is 2.31 bits per heavy atom. The number of esters is 1. The second-order valence-corrected chi connectivity index (χ2v) is 3.29. The lowest BCUT2D eigenvalue weighted by Crippen LogP contribution is -2.02. The SMILES string of the molecule is C=Cc1ccc(Br)c(C(=O)OC)c1. The normalized spacial score (nSPS) is 9.38. The van der Waals surface area contributed by atoms with Gasteiger partial charge < -0.3 is 4.74 Å². The van der Waals surface area contributed by atoms with Crippen LogP contribution in [0.15, 0.2) is 29.3 Å². The van der Waals surface area contributed by atoms with Crippen LogP contribution < -0.4 is 0 Å². The van der Waals surface area contributed by atoms with Crippen LogP contribution in [-0.4, -0.2) is 13.1 Å². The van der Waals surface area contributed by atoms with Gasteiger partial charge >= 0.3 is 5.97 Å². The van der Waals surface area contributed by atoms with Gasteiger partial charge in [-0.1, -0.05) is 18.7 Å². The fourth-order valence-electron chi connectivity index (χ4n) is 0.936. The standard InChI is InChI=1S/C10H9BrO2/c1-3-7-4-5-9(11)8(6-7)10(12)13-2/h3-6H,1H2,2H3. The number of rotatable bonds is 2. The Morgan fingerprint density at radius 1 is 1.62 bits per heavy atom. The van der Waals surface area contributed by atoms with E-state index in [0.717, 1.165) is 10.0 Å². The lowest BCUT2D eigenvalue weighted by molar-refractivity contribution is 0.0599. The zero-order valence-corrected chi connectivity index (χ0v) is 8.80. The van der Waals surface area contributed by atoms with Gasteiger partial charge in [-0.25, -0.2) is 4.79 Å². The molecule has 0 spiro atoms. The van der Waals surface area contributed by atoms with Crippen LogP contribution in [-0.2, 0) is 4.74 Å². The maximum atomic E-state index is 11.2. The molecule has 0 N–H and O–H groups in total. The van der Waals surface area contributed by atoms with Crippen molar-refractivity contribution in [1.29, 1.82) is 0 Å². The van der Waals surface area contributed by atoms with Crippen LogP contribution in [0, 0.1) is 0 Å². The van der Waals surface area contributed by atoms with Crippen molar-refractivity contribution < 1.29 is 9.53 Å². The summed E-state index contributed by atoms with van der Waals surface area (Å²) in [7, 11) is 1.36. The second kappa shape index (κ2) is 4.23. The molecule has 0 amide bonds. The van der Waals surface area contributed by atoms with Gasteiger partial charge in [0.1, 0.15) is 0 Å². The quantitative estimate of drug-likeness (QED) is 0.744. The van der Waals surface area contributed by atoms with Gasteiger partial charge in [0.25, 0.3) is 0 Å². The molecule has 0 radical (unpaired) electrons. The fraction of sp³-hybridized carbons (Fsp3) is 0.100. The maximum Gasteiger partial charge on any atom is 0.339 e. The molecule has 0 aliphatic carbocycles. The smallest absolute Gasteiger partial charge is 0.339 e. The van der Waals surface area contributed by atoms with Gasteiger partial charge in [-0.3, -0.25) is 0 Å². The summed E-state index contributed by atoms with van der Waals surface area (Å²) in [6, 6.07) is 5.38. The summed E-state index contributed by atoms with van der Waals surface area (Å²) in [4.78, 5) is 11.2. The molecule has 1 rings (SSSR count). The molecular formula is C10H9BrO2. The van der Waals surface area contributed by atoms with Crippen molar-refractivity contribution in [3.8, 4) is 0 Å². The summed E-state index contributed by atoms with van der Waals surface area (Å²) in [6.07, 6.45) is 1.68. The zero-order chi connectivity index (χ0) is 9.84. The van der Waals surface area contributed by atoms with Gasteiger partial charge in [-0.2, -0.15) is 0 Å². The molecule has 0 unspecified atom stereocenters. The molecule has 0 heterocycles. The van der Waals surface area contributed by atoms with Crippen molar-refractivity contribution >= 4 is 28.0 Å². The molecule has 1 aromatic rings. The van der Waals surface area contributed by atoms with Crippen molar-refractivity contribution in [2.24, 2.45) is 0 Å². The molecule has 0 saturated carbocycles. The summed E-state index contributed by atoms with van der Waals surface area (Å²) in [5, 5.41) is 0. The third kappa shape index (κ3) is 2.18. The van der Waals surface area contributed by atoms with Crippen molar-refractivity contribution in [3.63, 3.8) is 0 Å². The van der Waals surface area contributed by atoms with Gasteiger partial charge in [0.2, 0.25) is 0 Å². The van der Waals surface area contributed by atoms with Gasteiger partial charge in [0, 0.05) is 4.47 Å². The molecule has 1 aromatic carbocycles. The van der Waals surface area contributed by atoms with Crippen LogP contribution in [0.2, 0.25) is 0 Å². The molecule has 13 heavy (non-hydrogen) atoms.